The van der Waals surface area contributed by atoms with Crippen LogP contribution in [0.2, 0.25) is 0 Å². The van der Waals surface area contributed by atoms with Crippen LogP contribution in [0.4, 0.5) is 0 Å². The molecule has 0 aliphatic rings. The molecule has 0 aliphatic heterocycles. The summed E-state index contributed by atoms with van der Waals surface area (Å²) in [5, 5.41) is 9.82. The zero-order valence-electron chi connectivity index (χ0n) is 17.2. The van der Waals surface area contributed by atoms with Crippen LogP contribution >= 0.6 is 0 Å². The van der Waals surface area contributed by atoms with Gasteiger partial charge in [0.25, 0.3) is 0 Å². The van der Waals surface area contributed by atoms with Crippen molar-refractivity contribution < 1.29 is 14.7 Å². The number of carbonyl (C=O) groups excluding carboxylic acids is 1. The van der Waals surface area contributed by atoms with Crippen LogP contribution in [0, 0.1) is 0 Å². The number of benzene rings is 1. The second kappa shape index (κ2) is 11.5. The molecule has 1 aromatic heterocycles. The summed E-state index contributed by atoms with van der Waals surface area (Å²) in [7, 11) is 0. The first-order valence-corrected chi connectivity index (χ1v) is 10.6. The number of H-pyrrole nitrogens is 1. The predicted octanol–water partition coefficient (Wildman–Crippen LogP) is 6.45. The Balaban J connectivity index is 2.07. The van der Waals surface area contributed by atoms with Gasteiger partial charge in [-0.25, -0.2) is 0 Å². The highest BCUT2D eigenvalue weighted by Gasteiger charge is 2.19. The SMILES string of the molecule is CCCCCCCC/C=C(\C)C(=O)c1c(CCCC(=O)O)[nH]c2ccccc12. The molecule has 4 heteroatoms. The Morgan fingerprint density at radius 3 is 2.50 bits per heavy atom. The third kappa shape index (κ3) is 6.36. The number of allylic oxidation sites excluding steroid dienone is 2. The number of carbonyl (C=O) groups is 2. The van der Waals surface area contributed by atoms with Crippen LogP contribution in [-0.4, -0.2) is 21.8 Å². The molecule has 4 nitrogen and oxygen atoms in total. The van der Waals surface area contributed by atoms with Gasteiger partial charge in [0.05, 0.1) is 5.56 Å². The number of unbranched alkanes of at least 4 members (excludes halogenated alkanes) is 6. The zero-order valence-corrected chi connectivity index (χ0v) is 17.2. The number of rotatable bonds is 13. The van der Waals surface area contributed by atoms with E-state index in [-0.39, 0.29) is 12.2 Å². The lowest BCUT2D eigenvalue weighted by Gasteiger charge is -2.05. The largest absolute Gasteiger partial charge is 0.481 e. The third-order valence-corrected chi connectivity index (χ3v) is 5.19. The first kappa shape index (κ1) is 21.9. The molecule has 0 amide bonds. The summed E-state index contributed by atoms with van der Waals surface area (Å²) >= 11 is 0. The summed E-state index contributed by atoms with van der Waals surface area (Å²) in [6.07, 6.45) is 11.6. The number of aromatic amines is 1. The average Bonchev–Trinajstić information content (AvgIpc) is 3.04. The van der Waals surface area contributed by atoms with Crippen LogP contribution in [0.25, 0.3) is 10.9 Å². The fraction of sp³-hybridized carbons (Fsp3) is 0.500. The lowest BCUT2D eigenvalue weighted by atomic mass is 9.97. The van der Waals surface area contributed by atoms with Gasteiger partial charge in [0.2, 0.25) is 0 Å². The maximum atomic E-state index is 13.1. The van der Waals surface area contributed by atoms with E-state index in [1.807, 2.05) is 31.2 Å². The Morgan fingerprint density at radius 2 is 1.75 bits per heavy atom. The number of carboxylic acid groups (broad SMARTS) is 1. The summed E-state index contributed by atoms with van der Waals surface area (Å²) in [6, 6.07) is 7.79. The molecule has 152 valence electrons. The highest BCUT2D eigenvalue weighted by molar-refractivity contribution is 6.17. The molecule has 28 heavy (non-hydrogen) atoms. The molecule has 2 rings (SSSR count). The van der Waals surface area contributed by atoms with Crippen LogP contribution in [-0.2, 0) is 11.2 Å². The smallest absolute Gasteiger partial charge is 0.303 e. The van der Waals surface area contributed by atoms with E-state index in [0.717, 1.165) is 35.0 Å². The van der Waals surface area contributed by atoms with Gasteiger partial charge in [0.1, 0.15) is 0 Å². The van der Waals surface area contributed by atoms with Gasteiger partial charge >= 0.3 is 5.97 Å². The Bertz CT molecular complexity index is 816. The fourth-order valence-electron chi connectivity index (χ4n) is 3.59. The molecule has 2 N–H and O–H groups in total. The Morgan fingerprint density at radius 1 is 1.04 bits per heavy atom. The molecule has 0 saturated heterocycles. The molecular weight excluding hydrogens is 350 g/mol. The van der Waals surface area contributed by atoms with Crippen molar-refractivity contribution in [2.45, 2.75) is 78.1 Å². The summed E-state index contributed by atoms with van der Waals surface area (Å²) in [4.78, 5) is 27.3. The third-order valence-electron chi connectivity index (χ3n) is 5.19. The second-order valence-corrected chi connectivity index (χ2v) is 7.54. The monoisotopic (exact) mass is 383 g/mol. The van der Waals surface area contributed by atoms with E-state index in [9.17, 15) is 9.59 Å². The summed E-state index contributed by atoms with van der Waals surface area (Å²) in [6.45, 7) is 4.11. The number of fused-ring (bicyclic) bond motifs is 1. The number of hydrogen-bond donors (Lipinski definition) is 2. The van der Waals surface area contributed by atoms with Crippen molar-refractivity contribution in [3.05, 3.63) is 47.2 Å². The van der Waals surface area contributed by atoms with Gasteiger partial charge in [0.15, 0.2) is 5.78 Å². The normalized spacial score (nSPS) is 11.9. The van der Waals surface area contributed by atoms with E-state index in [1.165, 1.54) is 32.1 Å². The number of hydrogen-bond acceptors (Lipinski definition) is 2. The molecule has 0 fully saturated rings. The maximum Gasteiger partial charge on any atom is 0.303 e. The van der Waals surface area contributed by atoms with E-state index in [0.29, 0.717) is 18.4 Å². The quantitative estimate of drug-likeness (QED) is 0.237. The van der Waals surface area contributed by atoms with Crippen LogP contribution in [0.1, 0.15) is 87.7 Å². The number of aromatic nitrogens is 1. The van der Waals surface area contributed by atoms with Crippen molar-refractivity contribution in [1.29, 1.82) is 0 Å². The summed E-state index contributed by atoms with van der Waals surface area (Å²) in [5.41, 5.74) is 3.26. The number of Topliss-reactive ketones (excluding diaryl/α,β-unsaturated/α-hetero) is 1. The number of carboxylic acids is 1. The molecule has 1 heterocycles. The number of para-hydroxylation sites is 1. The average molecular weight is 384 g/mol. The Hall–Kier alpha value is -2.36. The summed E-state index contributed by atoms with van der Waals surface area (Å²) in [5.74, 6) is -0.757. The van der Waals surface area contributed by atoms with E-state index in [2.05, 4.69) is 18.0 Å². The Kier molecular flexibility index (Phi) is 8.99. The van der Waals surface area contributed by atoms with Gasteiger partial charge in [-0.2, -0.15) is 0 Å². The van der Waals surface area contributed by atoms with Crippen LogP contribution in [0.3, 0.4) is 0 Å². The van der Waals surface area contributed by atoms with Gasteiger partial charge in [0, 0.05) is 23.0 Å². The van der Waals surface area contributed by atoms with Crippen molar-refractivity contribution in [2.24, 2.45) is 0 Å². The highest BCUT2D eigenvalue weighted by Crippen LogP contribution is 2.26. The minimum absolute atomic E-state index is 0.0498. The van der Waals surface area contributed by atoms with Crippen molar-refractivity contribution >= 4 is 22.7 Å². The first-order valence-electron chi connectivity index (χ1n) is 10.6. The van der Waals surface area contributed by atoms with Crippen molar-refractivity contribution in [2.75, 3.05) is 0 Å². The number of aliphatic carboxylic acids is 1. The minimum atomic E-state index is -0.806. The van der Waals surface area contributed by atoms with E-state index in [4.69, 9.17) is 5.11 Å². The molecule has 0 aliphatic carbocycles. The van der Waals surface area contributed by atoms with Crippen molar-refractivity contribution in [3.63, 3.8) is 0 Å². The summed E-state index contributed by atoms with van der Waals surface area (Å²) < 4.78 is 0. The molecule has 0 saturated carbocycles. The molecule has 0 radical (unpaired) electrons. The minimum Gasteiger partial charge on any atom is -0.481 e. The predicted molar refractivity (Wildman–Crippen MR) is 115 cm³/mol. The molecule has 0 unspecified atom stereocenters. The van der Waals surface area contributed by atoms with Gasteiger partial charge in [-0.05, 0) is 44.2 Å². The maximum absolute atomic E-state index is 13.1. The topological polar surface area (TPSA) is 70.2 Å². The molecule has 0 atom stereocenters. The molecule has 1 aromatic carbocycles. The Labute approximate surface area is 168 Å². The number of ketones is 1. The van der Waals surface area contributed by atoms with Gasteiger partial charge < -0.3 is 10.1 Å². The van der Waals surface area contributed by atoms with E-state index in [1.54, 1.807) is 0 Å². The van der Waals surface area contributed by atoms with Gasteiger partial charge in [-0.15, -0.1) is 0 Å². The van der Waals surface area contributed by atoms with Gasteiger partial charge in [-0.1, -0.05) is 63.3 Å². The van der Waals surface area contributed by atoms with E-state index >= 15 is 0 Å². The van der Waals surface area contributed by atoms with E-state index < -0.39 is 5.97 Å². The molecule has 2 aromatic rings. The van der Waals surface area contributed by atoms with Gasteiger partial charge in [-0.3, -0.25) is 9.59 Å². The highest BCUT2D eigenvalue weighted by atomic mass is 16.4. The zero-order chi connectivity index (χ0) is 20.4. The molecule has 0 spiro atoms. The number of nitrogens with one attached hydrogen (secondary N) is 1. The number of aryl methyl sites for hydroxylation is 1. The fourth-order valence-corrected chi connectivity index (χ4v) is 3.59. The van der Waals surface area contributed by atoms with Crippen LogP contribution < -0.4 is 0 Å². The van der Waals surface area contributed by atoms with Crippen LogP contribution in [0.15, 0.2) is 35.9 Å². The first-order chi connectivity index (χ1) is 13.5. The van der Waals surface area contributed by atoms with Crippen LogP contribution in [0.5, 0.6) is 0 Å². The lowest BCUT2D eigenvalue weighted by molar-refractivity contribution is -0.137. The molecule has 0 bridgehead atoms. The molecular formula is C24H33NO3. The lowest BCUT2D eigenvalue weighted by Crippen LogP contribution is -2.05. The van der Waals surface area contributed by atoms with Crippen molar-refractivity contribution in [1.82, 2.24) is 4.98 Å². The van der Waals surface area contributed by atoms with Crippen molar-refractivity contribution in [3.8, 4) is 0 Å². The second-order valence-electron chi connectivity index (χ2n) is 7.54. The standard InChI is InChI=1S/C24H33NO3/c1-3-4-5-6-7-8-9-13-18(2)24(28)23-19-14-10-11-15-20(19)25-21(23)16-12-17-22(26)27/h10-11,13-15,25H,3-9,12,16-17H2,1-2H3,(H,26,27)/b18-13+.